The van der Waals surface area contributed by atoms with Crippen molar-refractivity contribution in [3.63, 3.8) is 0 Å². The highest BCUT2D eigenvalue weighted by atomic mass is 16.3. The second kappa shape index (κ2) is 6.22. The fourth-order valence-electron chi connectivity index (χ4n) is 2.02. The lowest BCUT2D eigenvalue weighted by atomic mass is 10.3. The monoisotopic (exact) mass is 261 g/mol. The molecule has 0 bridgehead atoms. The van der Waals surface area contributed by atoms with Crippen LogP contribution in [0.4, 0.5) is 0 Å². The molecule has 5 nitrogen and oxygen atoms in total. The molecule has 1 amide bonds. The van der Waals surface area contributed by atoms with E-state index in [1.165, 1.54) is 6.26 Å². The molecule has 0 saturated carbocycles. The van der Waals surface area contributed by atoms with E-state index in [0.29, 0.717) is 12.3 Å². The second-order valence-corrected chi connectivity index (χ2v) is 4.45. The fourth-order valence-corrected chi connectivity index (χ4v) is 2.02. The third-order valence-corrected chi connectivity index (χ3v) is 2.96. The first-order valence-corrected chi connectivity index (χ1v) is 6.55. The Morgan fingerprint density at radius 3 is 3.05 bits per heavy atom. The van der Waals surface area contributed by atoms with Crippen LogP contribution < -0.4 is 5.32 Å². The van der Waals surface area contributed by atoms with Crippen molar-refractivity contribution in [2.75, 3.05) is 6.54 Å². The van der Waals surface area contributed by atoms with Gasteiger partial charge in [-0.25, -0.2) is 4.98 Å². The van der Waals surface area contributed by atoms with E-state index in [4.69, 9.17) is 4.42 Å². The number of furan rings is 1. The predicted molar refractivity (Wildman–Crippen MR) is 72.0 cm³/mol. The normalized spacial score (nSPS) is 10.6. The van der Waals surface area contributed by atoms with Crippen molar-refractivity contribution < 1.29 is 9.21 Å². The molecule has 5 heteroatoms. The zero-order valence-electron chi connectivity index (χ0n) is 11.3. The molecule has 0 atom stereocenters. The molecule has 0 aliphatic heterocycles. The van der Waals surface area contributed by atoms with Gasteiger partial charge in [0.1, 0.15) is 5.82 Å². The van der Waals surface area contributed by atoms with Gasteiger partial charge in [-0.05, 0) is 25.5 Å². The third kappa shape index (κ3) is 3.24. The number of rotatable bonds is 6. The molecule has 2 aromatic rings. The summed E-state index contributed by atoms with van der Waals surface area (Å²) in [7, 11) is 0. The second-order valence-electron chi connectivity index (χ2n) is 4.45. The summed E-state index contributed by atoms with van der Waals surface area (Å²) < 4.78 is 7.23. The summed E-state index contributed by atoms with van der Waals surface area (Å²) in [6.07, 6.45) is 5.16. The first kappa shape index (κ1) is 13.4. The van der Waals surface area contributed by atoms with Gasteiger partial charge in [0.15, 0.2) is 5.76 Å². The van der Waals surface area contributed by atoms with Gasteiger partial charge < -0.3 is 14.3 Å². The van der Waals surface area contributed by atoms with Crippen molar-refractivity contribution in [2.45, 2.75) is 33.2 Å². The zero-order chi connectivity index (χ0) is 13.7. The summed E-state index contributed by atoms with van der Waals surface area (Å²) in [6, 6.07) is 3.35. The number of nitrogens with one attached hydrogen (secondary N) is 1. The number of aromatic nitrogens is 2. The maximum Gasteiger partial charge on any atom is 0.286 e. The van der Waals surface area contributed by atoms with E-state index >= 15 is 0 Å². The van der Waals surface area contributed by atoms with E-state index in [0.717, 1.165) is 30.9 Å². The molecule has 0 aliphatic rings. The van der Waals surface area contributed by atoms with Crippen LogP contribution in [0.15, 0.2) is 29.0 Å². The van der Waals surface area contributed by atoms with E-state index in [-0.39, 0.29) is 5.91 Å². The summed E-state index contributed by atoms with van der Waals surface area (Å²) in [4.78, 5) is 16.1. The van der Waals surface area contributed by atoms with E-state index < -0.39 is 0 Å². The standard InChI is InChI=1S/C14H19N3O2/c1-3-8-17-11(2)10-16-13(17)6-7-15-14(18)12-5-4-9-19-12/h4-5,9-10H,3,6-8H2,1-2H3,(H,15,18). The van der Waals surface area contributed by atoms with Crippen LogP contribution in [0.2, 0.25) is 0 Å². The molecule has 0 radical (unpaired) electrons. The van der Waals surface area contributed by atoms with Gasteiger partial charge >= 0.3 is 0 Å². The van der Waals surface area contributed by atoms with Crippen molar-refractivity contribution in [1.82, 2.24) is 14.9 Å². The first-order chi connectivity index (χ1) is 9.22. The summed E-state index contributed by atoms with van der Waals surface area (Å²) in [6.45, 7) is 5.71. The number of aryl methyl sites for hydroxylation is 1. The van der Waals surface area contributed by atoms with Crippen LogP contribution in [0.1, 0.15) is 35.4 Å². The molecular weight excluding hydrogens is 242 g/mol. The van der Waals surface area contributed by atoms with Crippen molar-refractivity contribution in [3.8, 4) is 0 Å². The summed E-state index contributed by atoms with van der Waals surface area (Å²) in [5.41, 5.74) is 1.16. The summed E-state index contributed by atoms with van der Waals surface area (Å²) >= 11 is 0. The number of carbonyl (C=O) groups is 1. The molecule has 2 aromatic heterocycles. The van der Waals surface area contributed by atoms with Crippen LogP contribution in [-0.4, -0.2) is 22.0 Å². The maximum absolute atomic E-state index is 11.7. The number of hydrogen-bond donors (Lipinski definition) is 1. The van der Waals surface area contributed by atoms with Crippen LogP contribution in [0, 0.1) is 6.92 Å². The van der Waals surface area contributed by atoms with E-state index in [1.54, 1.807) is 12.1 Å². The highest BCUT2D eigenvalue weighted by Gasteiger charge is 2.09. The highest BCUT2D eigenvalue weighted by Crippen LogP contribution is 2.06. The Hall–Kier alpha value is -2.04. The van der Waals surface area contributed by atoms with Gasteiger partial charge in [-0.2, -0.15) is 0 Å². The average Bonchev–Trinajstić information content (AvgIpc) is 3.03. The molecule has 19 heavy (non-hydrogen) atoms. The predicted octanol–water partition coefficient (Wildman–Crippen LogP) is 2.17. The van der Waals surface area contributed by atoms with Crippen LogP contribution in [0.3, 0.4) is 0 Å². The minimum absolute atomic E-state index is 0.185. The number of amides is 1. The zero-order valence-corrected chi connectivity index (χ0v) is 11.3. The lowest BCUT2D eigenvalue weighted by Crippen LogP contribution is -2.26. The molecule has 0 saturated heterocycles. The quantitative estimate of drug-likeness (QED) is 0.867. The first-order valence-electron chi connectivity index (χ1n) is 6.55. The highest BCUT2D eigenvalue weighted by molar-refractivity contribution is 5.91. The van der Waals surface area contributed by atoms with Crippen LogP contribution in [-0.2, 0) is 13.0 Å². The molecule has 1 N–H and O–H groups in total. The number of carbonyl (C=O) groups excluding carboxylic acids is 1. The fraction of sp³-hybridized carbons (Fsp3) is 0.429. The molecule has 0 aromatic carbocycles. The molecule has 0 unspecified atom stereocenters. The summed E-state index contributed by atoms with van der Waals surface area (Å²) in [5.74, 6) is 1.17. The van der Waals surface area contributed by atoms with Gasteiger partial charge in [-0.3, -0.25) is 4.79 Å². The van der Waals surface area contributed by atoms with Crippen molar-refractivity contribution in [2.24, 2.45) is 0 Å². The Bertz CT molecular complexity index is 529. The Kier molecular flexibility index (Phi) is 4.39. The Labute approximate surface area is 112 Å². The Balaban J connectivity index is 1.87. The Morgan fingerprint density at radius 1 is 1.53 bits per heavy atom. The van der Waals surface area contributed by atoms with Gasteiger partial charge in [-0.1, -0.05) is 6.92 Å². The minimum atomic E-state index is -0.185. The largest absolute Gasteiger partial charge is 0.459 e. The summed E-state index contributed by atoms with van der Waals surface area (Å²) in [5, 5.41) is 2.83. The van der Waals surface area contributed by atoms with Gasteiger partial charge in [0, 0.05) is 31.4 Å². The van der Waals surface area contributed by atoms with Crippen LogP contribution >= 0.6 is 0 Å². The number of nitrogens with zero attached hydrogens (tertiary/aromatic N) is 2. The lowest BCUT2D eigenvalue weighted by molar-refractivity contribution is 0.0926. The molecular formula is C14H19N3O2. The third-order valence-electron chi connectivity index (χ3n) is 2.96. The van der Waals surface area contributed by atoms with Crippen molar-refractivity contribution in [3.05, 3.63) is 41.9 Å². The molecule has 2 rings (SSSR count). The van der Waals surface area contributed by atoms with Crippen molar-refractivity contribution in [1.29, 1.82) is 0 Å². The van der Waals surface area contributed by atoms with Gasteiger partial charge in [-0.15, -0.1) is 0 Å². The SMILES string of the molecule is CCCn1c(C)cnc1CCNC(=O)c1ccco1. The molecule has 0 spiro atoms. The van der Waals surface area contributed by atoms with E-state index in [9.17, 15) is 4.79 Å². The molecule has 0 aliphatic carbocycles. The molecule has 2 heterocycles. The molecule has 102 valence electrons. The van der Waals surface area contributed by atoms with Crippen LogP contribution in [0.5, 0.6) is 0 Å². The van der Waals surface area contributed by atoms with Gasteiger partial charge in [0.2, 0.25) is 0 Å². The lowest BCUT2D eigenvalue weighted by Gasteiger charge is -2.09. The van der Waals surface area contributed by atoms with Crippen LogP contribution in [0.25, 0.3) is 0 Å². The van der Waals surface area contributed by atoms with Gasteiger partial charge in [0.25, 0.3) is 5.91 Å². The number of hydrogen-bond acceptors (Lipinski definition) is 3. The number of imidazole rings is 1. The molecule has 0 fully saturated rings. The smallest absolute Gasteiger partial charge is 0.286 e. The Morgan fingerprint density at radius 2 is 2.37 bits per heavy atom. The van der Waals surface area contributed by atoms with Gasteiger partial charge in [0.05, 0.1) is 6.26 Å². The average molecular weight is 261 g/mol. The maximum atomic E-state index is 11.7. The van der Waals surface area contributed by atoms with E-state index in [1.807, 2.05) is 13.1 Å². The topological polar surface area (TPSA) is 60.1 Å². The minimum Gasteiger partial charge on any atom is -0.459 e. The van der Waals surface area contributed by atoms with Crippen molar-refractivity contribution >= 4 is 5.91 Å². The van der Waals surface area contributed by atoms with E-state index in [2.05, 4.69) is 21.8 Å².